The van der Waals surface area contributed by atoms with E-state index in [2.05, 4.69) is 17.2 Å². The number of urea groups is 1. The molecule has 1 aromatic rings. The van der Waals surface area contributed by atoms with Crippen molar-refractivity contribution in [1.82, 2.24) is 5.32 Å². The molecule has 0 saturated heterocycles. The summed E-state index contributed by atoms with van der Waals surface area (Å²) < 4.78 is 40.7. The number of carbonyl (C=O) groups is 1. The van der Waals surface area contributed by atoms with Gasteiger partial charge in [0, 0.05) is 17.2 Å². The van der Waals surface area contributed by atoms with Crippen molar-refractivity contribution in [1.29, 1.82) is 0 Å². The molecular weight excluding hydrogens is 269 g/mol. The van der Waals surface area contributed by atoms with Crippen molar-refractivity contribution >= 4 is 11.7 Å². The van der Waals surface area contributed by atoms with Crippen LogP contribution in [-0.4, -0.2) is 12.2 Å². The van der Waals surface area contributed by atoms with Crippen LogP contribution >= 0.6 is 0 Å². The minimum atomic E-state index is -4.69. The third kappa shape index (κ3) is 1.99. The van der Waals surface area contributed by atoms with E-state index in [1.54, 1.807) is 6.07 Å². The first-order valence-corrected chi connectivity index (χ1v) is 6.20. The van der Waals surface area contributed by atoms with Gasteiger partial charge in [-0.3, -0.25) is 0 Å². The van der Waals surface area contributed by atoms with Crippen molar-refractivity contribution in [3.05, 3.63) is 29.8 Å². The van der Waals surface area contributed by atoms with Gasteiger partial charge in [-0.15, -0.1) is 0 Å². The molecule has 1 aliphatic carbocycles. The zero-order valence-electron chi connectivity index (χ0n) is 10.3. The number of halogens is 3. The van der Waals surface area contributed by atoms with Gasteiger partial charge in [0.15, 0.2) is 0 Å². The fourth-order valence-corrected chi connectivity index (χ4v) is 2.14. The molecule has 2 N–H and O–H groups in total. The van der Waals surface area contributed by atoms with Gasteiger partial charge in [-0.1, -0.05) is 30.0 Å². The van der Waals surface area contributed by atoms with E-state index in [0.29, 0.717) is 0 Å². The molecule has 0 aromatic heterocycles. The number of hydrogen-bond donors (Lipinski definition) is 2. The predicted molar refractivity (Wildman–Crippen MR) is 66.8 cm³/mol. The van der Waals surface area contributed by atoms with Crippen LogP contribution in [0.5, 0.6) is 0 Å². The fraction of sp³-hybridized carbons (Fsp3) is 0.357. The smallest absolute Gasteiger partial charge is 0.310 e. The van der Waals surface area contributed by atoms with E-state index in [-0.39, 0.29) is 17.2 Å². The largest absolute Gasteiger partial charge is 0.427 e. The highest BCUT2D eigenvalue weighted by Crippen LogP contribution is 2.44. The van der Waals surface area contributed by atoms with Crippen LogP contribution in [0.3, 0.4) is 0 Å². The molecule has 6 heteroatoms. The summed E-state index contributed by atoms with van der Waals surface area (Å²) in [5.74, 6) is 4.91. The van der Waals surface area contributed by atoms with Gasteiger partial charge < -0.3 is 10.6 Å². The Labute approximate surface area is 113 Å². The lowest BCUT2D eigenvalue weighted by molar-refractivity contribution is -0.178. The summed E-state index contributed by atoms with van der Waals surface area (Å²) in [5, 5.41) is 4.33. The summed E-state index contributed by atoms with van der Waals surface area (Å²) in [7, 11) is 0. The van der Waals surface area contributed by atoms with Crippen molar-refractivity contribution in [3.8, 4) is 11.8 Å². The van der Waals surface area contributed by atoms with Crippen LogP contribution in [0.4, 0.5) is 23.7 Å². The minimum Gasteiger partial charge on any atom is -0.310 e. The highest BCUT2D eigenvalue weighted by molar-refractivity contribution is 5.94. The van der Waals surface area contributed by atoms with Crippen molar-refractivity contribution in [2.45, 2.75) is 24.6 Å². The number of benzene rings is 1. The molecule has 2 amide bonds. The molecule has 3 rings (SSSR count). The van der Waals surface area contributed by atoms with Crippen molar-refractivity contribution in [3.63, 3.8) is 0 Å². The van der Waals surface area contributed by atoms with E-state index < -0.39 is 17.7 Å². The lowest BCUT2D eigenvalue weighted by Crippen LogP contribution is -2.59. The topological polar surface area (TPSA) is 41.1 Å². The Morgan fingerprint density at radius 1 is 1.25 bits per heavy atom. The van der Waals surface area contributed by atoms with Crippen LogP contribution in [0.1, 0.15) is 18.4 Å². The van der Waals surface area contributed by atoms with Gasteiger partial charge in [-0.2, -0.15) is 13.2 Å². The summed E-state index contributed by atoms with van der Waals surface area (Å²) in [6, 6.07) is 4.94. The summed E-state index contributed by atoms with van der Waals surface area (Å²) in [4.78, 5) is 11.6. The highest BCUT2D eigenvalue weighted by atomic mass is 19.4. The van der Waals surface area contributed by atoms with Crippen molar-refractivity contribution in [2.75, 3.05) is 5.32 Å². The normalized spacial score (nSPS) is 24.9. The molecule has 20 heavy (non-hydrogen) atoms. The Morgan fingerprint density at radius 2 is 1.95 bits per heavy atom. The molecule has 1 aliphatic heterocycles. The number of hydrogen-bond acceptors (Lipinski definition) is 1. The van der Waals surface area contributed by atoms with Crippen molar-refractivity contribution < 1.29 is 18.0 Å². The SMILES string of the molecule is O=C1Nc2ccccc2[C@@](C#CC2CC2)(C(F)(F)F)N1. The monoisotopic (exact) mass is 280 g/mol. The Kier molecular flexibility index (Phi) is 2.68. The van der Waals surface area contributed by atoms with E-state index in [9.17, 15) is 18.0 Å². The number of rotatable bonds is 0. The summed E-state index contributed by atoms with van der Waals surface area (Å²) >= 11 is 0. The molecule has 104 valence electrons. The van der Waals surface area contributed by atoms with Gasteiger partial charge in [0.2, 0.25) is 5.54 Å². The molecule has 1 atom stereocenters. The molecule has 1 fully saturated rings. The zero-order valence-corrected chi connectivity index (χ0v) is 10.3. The van der Waals surface area contributed by atoms with Gasteiger partial charge in [0.1, 0.15) is 0 Å². The average Bonchev–Trinajstić information content (AvgIpc) is 3.18. The number of nitrogens with one attached hydrogen (secondary N) is 2. The number of para-hydroxylation sites is 1. The second kappa shape index (κ2) is 4.17. The predicted octanol–water partition coefficient (Wildman–Crippen LogP) is 2.99. The van der Waals surface area contributed by atoms with E-state index in [4.69, 9.17) is 0 Å². The Hall–Kier alpha value is -2.16. The number of fused-ring (bicyclic) bond motifs is 1. The summed E-state index contributed by atoms with van der Waals surface area (Å²) in [6.07, 6.45) is -3.06. The zero-order chi connectivity index (χ0) is 14.4. The molecule has 0 radical (unpaired) electrons. The maximum Gasteiger partial charge on any atom is 0.427 e. The first kappa shape index (κ1) is 12.9. The minimum absolute atomic E-state index is 0.00757. The van der Waals surface area contributed by atoms with Crippen LogP contribution in [0.2, 0.25) is 0 Å². The number of anilines is 1. The fourth-order valence-electron chi connectivity index (χ4n) is 2.14. The maximum absolute atomic E-state index is 13.6. The quantitative estimate of drug-likeness (QED) is 0.705. The average molecular weight is 280 g/mol. The lowest BCUT2D eigenvalue weighted by Gasteiger charge is -2.37. The van der Waals surface area contributed by atoms with Crippen LogP contribution in [-0.2, 0) is 5.54 Å². The Morgan fingerprint density at radius 3 is 2.60 bits per heavy atom. The molecule has 2 aliphatic rings. The van der Waals surface area contributed by atoms with Gasteiger partial charge >= 0.3 is 12.2 Å². The van der Waals surface area contributed by atoms with E-state index >= 15 is 0 Å². The molecule has 0 unspecified atom stereocenters. The van der Waals surface area contributed by atoms with Gasteiger partial charge in [0.25, 0.3) is 0 Å². The van der Waals surface area contributed by atoms with E-state index in [1.165, 1.54) is 18.2 Å². The van der Waals surface area contributed by atoms with Crippen LogP contribution in [0.15, 0.2) is 24.3 Å². The third-order valence-corrected chi connectivity index (χ3v) is 3.35. The van der Waals surface area contributed by atoms with E-state index in [0.717, 1.165) is 12.8 Å². The molecule has 1 heterocycles. The molecule has 0 spiro atoms. The van der Waals surface area contributed by atoms with Gasteiger partial charge in [0.05, 0.1) is 0 Å². The number of amides is 2. The van der Waals surface area contributed by atoms with Gasteiger partial charge in [-0.05, 0) is 18.9 Å². The van der Waals surface area contributed by atoms with Crippen molar-refractivity contribution in [2.24, 2.45) is 5.92 Å². The Balaban J connectivity index is 2.19. The number of carbonyl (C=O) groups excluding carboxylic acids is 1. The molecular formula is C14H11F3N2O. The third-order valence-electron chi connectivity index (χ3n) is 3.35. The second-order valence-corrected chi connectivity index (χ2v) is 4.92. The molecule has 1 aromatic carbocycles. The first-order chi connectivity index (χ1) is 9.42. The van der Waals surface area contributed by atoms with Crippen LogP contribution < -0.4 is 10.6 Å². The van der Waals surface area contributed by atoms with E-state index in [1.807, 2.05) is 5.32 Å². The highest BCUT2D eigenvalue weighted by Gasteiger charge is 2.59. The van der Waals surface area contributed by atoms with Gasteiger partial charge in [-0.25, -0.2) is 4.79 Å². The summed E-state index contributed by atoms with van der Waals surface area (Å²) in [6.45, 7) is 0. The van der Waals surface area contributed by atoms with Crippen LogP contribution in [0.25, 0.3) is 0 Å². The summed E-state index contributed by atoms with van der Waals surface area (Å²) in [5.41, 5.74) is -2.56. The number of alkyl halides is 3. The standard InChI is InChI=1S/C14H11F3N2O/c15-14(16,17)13(8-7-9-5-6-9)10-3-1-2-4-11(10)18-12(20)19-13/h1-4,9H,5-6H2,(H2,18,19,20)/t13-/m0/s1. The van der Waals surface area contributed by atoms with Crippen LogP contribution in [0, 0.1) is 17.8 Å². The molecule has 0 bridgehead atoms. The Bertz CT molecular complexity index is 625. The second-order valence-electron chi connectivity index (χ2n) is 4.92. The first-order valence-electron chi connectivity index (χ1n) is 6.20. The molecule has 1 saturated carbocycles. The molecule has 3 nitrogen and oxygen atoms in total. The maximum atomic E-state index is 13.6. The lowest BCUT2D eigenvalue weighted by atomic mass is 9.86.